The van der Waals surface area contributed by atoms with Gasteiger partial charge in [0.25, 0.3) is 5.91 Å². The molecule has 9 heteroatoms. The molecular weight excluding hydrogens is 423 g/mol. The van der Waals surface area contributed by atoms with Crippen LogP contribution < -0.4 is 0 Å². The zero-order valence-corrected chi connectivity index (χ0v) is 17.3. The molecule has 4 rings (SSSR count). The van der Waals surface area contributed by atoms with Gasteiger partial charge in [0.1, 0.15) is 0 Å². The second-order valence-electron chi connectivity index (χ2n) is 7.93. The van der Waals surface area contributed by atoms with Crippen molar-refractivity contribution >= 4 is 5.91 Å². The highest BCUT2D eigenvalue weighted by molar-refractivity contribution is 5.99. The molecule has 1 fully saturated rings. The fourth-order valence-electron chi connectivity index (χ4n) is 3.99. The third kappa shape index (κ3) is 4.39. The number of β-amino-alcohol motifs (C(OH)–C–C–N with tert-alkyl or cyclic N) is 1. The number of alkyl halides is 3. The van der Waals surface area contributed by atoms with Crippen molar-refractivity contribution < 1.29 is 28.2 Å². The van der Waals surface area contributed by atoms with Crippen molar-refractivity contribution in [1.82, 2.24) is 14.7 Å². The molecule has 0 aliphatic carbocycles. The van der Waals surface area contributed by atoms with Crippen molar-refractivity contribution in [3.63, 3.8) is 0 Å². The first kappa shape index (κ1) is 22.0. The molecule has 2 N–H and O–H groups in total. The number of nitrogens with zero attached hydrogens (tertiary/aromatic N) is 3. The van der Waals surface area contributed by atoms with Crippen molar-refractivity contribution in [1.29, 1.82) is 0 Å². The number of aromatic nitrogens is 2. The topological polar surface area (TPSA) is 78.6 Å². The Balaban J connectivity index is 1.92. The van der Waals surface area contributed by atoms with Gasteiger partial charge in [-0.15, -0.1) is 0 Å². The summed E-state index contributed by atoms with van der Waals surface area (Å²) < 4.78 is 41.3. The van der Waals surface area contributed by atoms with Crippen LogP contribution in [0.4, 0.5) is 13.2 Å². The van der Waals surface area contributed by atoms with E-state index < -0.39 is 25.3 Å². The monoisotopic (exact) mass is 445 g/mol. The van der Waals surface area contributed by atoms with Gasteiger partial charge in [-0.1, -0.05) is 24.3 Å². The van der Waals surface area contributed by atoms with Crippen LogP contribution in [-0.2, 0) is 20.1 Å². The Kier molecular flexibility index (Phi) is 5.79. The molecule has 6 nitrogen and oxygen atoms in total. The predicted molar refractivity (Wildman–Crippen MR) is 112 cm³/mol. The quantitative estimate of drug-likeness (QED) is 0.633. The Bertz CT molecular complexity index is 1150. The number of aliphatic hydroxyl groups is 2. The van der Waals surface area contributed by atoms with Crippen LogP contribution in [0.1, 0.15) is 21.5 Å². The molecule has 0 radical (unpaired) electrons. The van der Waals surface area contributed by atoms with Crippen molar-refractivity contribution in [2.24, 2.45) is 7.05 Å². The summed E-state index contributed by atoms with van der Waals surface area (Å²) in [7, 11) is 1.71. The van der Waals surface area contributed by atoms with Crippen molar-refractivity contribution in [3.8, 4) is 22.3 Å². The maximum atomic E-state index is 13.2. The number of amides is 1. The summed E-state index contributed by atoms with van der Waals surface area (Å²) in [5.41, 5.74) is 2.58. The number of hydrogen-bond acceptors (Lipinski definition) is 4. The molecule has 1 amide bonds. The number of rotatable bonds is 5. The van der Waals surface area contributed by atoms with E-state index in [9.17, 15) is 28.2 Å². The second-order valence-corrected chi connectivity index (χ2v) is 7.93. The number of benzene rings is 2. The Morgan fingerprint density at radius 2 is 1.88 bits per heavy atom. The molecule has 1 aliphatic heterocycles. The average Bonchev–Trinajstić information content (AvgIpc) is 3.15. The zero-order chi connectivity index (χ0) is 23.0. The van der Waals surface area contributed by atoms with E-state index >= 15 is 0 Å². The van der Waals surface area contributed by atoms with Crippen molar-refractivity contribution in [2.75, 3.05) is 13.1 Å². The first-order valence-electron chi connectivity index (χ1n) is 10.1. The Morgan fingerprint density at radius 1 is 1.16 bits per heavy atom. The largest absolute Gasteiger partial charge is 0.393 e. The fraction of sp³-hybridized carbons (Fsp3) is 0.304. The Hall–Kier alpha value is -3.17. The molecule has 2 aromatic carbocycles. The number of hydrogen-bond donors (Lipinski definition) is 2. The highest BCUT2D eigenvalue weighted by Crippen LogP contribution is 2.39. The number of halogens is 3. The molecule has 1 saturated heterocycles. The van der Waals surface area contributed by atoms with Crippen LogP contribution in [0.3, 0.4) is 0 Å². The lowest BCUT2D eigenvalue weighted by Crippen LogP contribution is -2.53. The van der Waals surface area contributed by atoms with Crippen LogP contribution in [0.2, 0.25) is 0 Å². The standard InChI is InChI=1S/C23H22F3N3O3/c1-28-10-17(9-27-28)20-7-15(22(32)29-11-18(31)12-29)6-16(13-30)21(20)19-5-3-2-4-14(19)8-23(24,25)26/h2-7,9-10,18,30-31H,8,11-13H2,1H3. The lowest BCUT2D eigenvalue weighted by Gasteiger charge is -2.36. The lowest BCUT2D eigenvalue weighted by atomic mass is 9.86. The molecular formula is C23H22F3N3O3. The third-order valence-corrected chi connectivity index (χ3v) is 5.48. The molecule has 0 unspecified atom stereocenters. The first-order valence-corrected chi connectivity index (χ1v) is 10.1. The van der Waals surface area contributed by atoms with E-state index in [1.54, 1.807) is 48.4 Å². The molecule has 168 valence electrons. The van der Waals surface area contributed by atoms with E-state index in [2.05, 4.69) is 5.10 Å². The molecule has 1 aromatic heterocycles. The van der Waals surface area contributed by atoms with Gasteiger partial charge in [-0.25, -0.2) is 0 Å². The SMILES string of the molecule is Cn1cc(-c2cc(C(=O)N3CC(O)C3)cc(CO)c2-c2ccccc2CC(F)(F)F)cn1. The summed E-state index contributed by atoms with van der Waals surface area (Å²) in [6, 6.07) is 9.31. The summed E-state index contributed by atoms with van der Waals surface area (Å²) in [4.78, 5) is 14.4. The number of carbonyl (C=O) groups excluding carboxylic acids is 1. The van der Waals surface area contributed by atoms with Gasteiger partial charge in [-0.05, 0) is 39.9 Å². The number of carbonyl (C=O) groups is 1. The Morgan fingerprint density at radius 3 is 2.47 bits per heavy atom. The molecule has 0 spiro atoms. The number of aryl methyl sites for hydroxylation is 1. The van der Waals surface area contributed by atoms with Crippen LogP contribution in [-0.4, -0.2) is 56.2 Å². The smallest absolute Gasteiger partial charge is 0.392 e. The van der Waals surface area contributed by atoms with Gasteiger partial charge in [-0.2, -0.15) is 18.3 Å². The maximum Gasteiger partial charge on any atom is 0.393 e. The average molecular weight is 445 g/mol. The molecule has 3 aromatic rings. The molecule has 2 heterocycles. The van der Waals surface area contributed by atoms with Crippen LogP contribution in [0, 0.1) is 0 Å². The van der Waals surface area contributed by atoms with Crippen molar-refractivity contribution in [3.05, 3.63) is 65.5 Å². The van der Waals surface area contributed by atoms with E-state index in [0.29, 0.717) is 27.8 Å². The van der Waals surface area contributed by atoms with Gasteiger partial charge >= 0.3 is 6.18 Å². The zero-order valence-electron chi connectivity index (χ0n) is 17.3. The summed E-state index contributed by atoms with van der Waals surface area (Å²) in [6.07, 6.45) is -2.82. The van der Waals surface area contributed by atoms with E-state index in [4.69, 9.17) is 0 Å². The van der Waals surface area contributed by atoms with Crippen LogP contribution in [0.15, 0.2) is 48.8 Å². The fourth-order valence-corrected chi connectivity index (χ4v) is 3.99. The highest BCUT2D eigenvalue weighted by atomic mass is 19.4. The van der Waals surface area contributed by atoms with Gasteiger partial charge in [-0.3, -0.25) is 9.48 Å². The second kappa shape index (κ2) is 8.40. The van der Waals surface area contributed by atoms with Crippen LogP contribution in [0.25, 0.3) is 22.3 Å². The van der Waals surface area contributed by atoms with E-state index in [-0.39, 0.29) is 30.1 Å². The van der Waals surface area contributed by atoms with Crippen LogP contribution >= 0.6 is 0 Å². The summed E-state index contributed by atoms with van der Waals surface area (Å²) >= 11 is 0. The minimum atomic E-state index is -4.40. The van der Waals surface area contributed by atoms with Crippen molar-refractivity contribution in [2.45, 2.75) is 25.3 Å². The minimum absolute atomic E-state index is 0.0739. The van der Waals surface area contributed by atoms with E-state index in [0.717, 1.165) is 0 Å². The first-order chi connectivity index (χ1) is 15.2. The van der Waals surface area contributed by atoms with Gasteiger partial charge in [0, 0.05) is 37.5 Å². The van der Waals surface area contributed by atoms with E-state index in [1.165, 1.54) is 17.0 Å². The van der Waals surface area contributed by atoms with Gasteiger partial charge in [0.2, 0.25) is 0 Å². The van der Waals surface area contributed by atoms with E-state index in [1.807, 2.05) is 0 Å². The number of likely N-dealkylation sites (tertiary alicyclic amines) is 1. The molecule has 0 atom stereocenters. The summed E-state index contributed by atoms with van der Waals surface area (Å²) in [6.45, 7) is -0.0376. The highest BCUT2D eigenvalue weighted by Gasteiger charge is 2.32. The molecule has 32 heavy (non-hydrogen) atoms. The van der Waals surface area contributed by atoms with Gasteiger partial charge < -0.3 is 15.1 Å². The molecule has 0 bridgehead atoms. The molecule has 0 saturated carbocycles. The predicted octanol–water partition coefficient (Wildman–Crippen LogP) is 3.17. The van der Waals surface area contributed by atoms with Gasteiger partial charge in [0.05, 0.1) is 25.3 Å². The summed E-state index contributed by atoms with van der Waals surface area (Å²) in [5.74, 6) is -0.315. The lowest BCUT2D eigenvalue weighted by molar-refractivity contribution is -0.127. The van der Waals surface area contributed by atoms with Crippen LogP contribution in [0.5, 0.6) is 0 Å². The molecule has 1 aliphatic rings. The normalized spacial score (nSPS) is 14.5. The third-order valence-electron chi connectivity index (χ3n) is 5.48. The number of aliphatic hydroxyl groups excluding tert-OH is 2. The maximum absolute atomic E-state index is 13.2. The Labute approximate surface area is 182 Å². The van der Waals surface area contributed by atoms with Gasteiger partial charge in [0.15, 0.2) is 0 Å². The minimum Gasteiger partial charge on any atom is -0.392 e. The summed E-state index contributed by atoms with van der Waals surface area (Å²) in [5, 5.41) is 23.8.